The van der Waals surface area contributed by atoms with Crippen LogP contribution >= 0.6 is 23.8 Å². The molecule has 0 radical (unpaired) electrons. The SMILES string of the molecule is O=C(NC(=S)Nc1ccccc1N1CCN(C(=O)c2ccccc2)CC1)c1ccc(-c2cccc(Cl)c2)o1. The van der Waals surface area contributed by atoms with E-state index < -0.39 is 5.91 Å². The number of furan rings is 1. The summed E-state index contributed by atoms with van der Waals surface area (Å²) in [5, 5.41) is 6.55. The molecule has 38 heavy (non-hydrogen) atoms. The third-order valence-electron chi connectivity index (χ3n) is 6.25. The van der Waals surface area contributed by atoms with Crippen LogP contribution in [0.25, 0.3) is 11.3 Å². The molecule has 7 nitrogen and oxygen atoms in total. The van der Waals surface area contributed by atoms with Crippen molar-refractivity contribution in [2.45, 2.75) is 0 Å². The molecule has 2 N–H and O–H groups in total. The highest BCUT2D eigenvalue weighted by Crippen LogP contribution is 2.27. The highest BCUT2D eigenvalue weighted by atomic mass is 35.5. The Morgan fingerprint density at radius 1 is 0.842 bits per heavy atom. The Labute approximate surface area is 231 Å². The van der Waals surface area contributed by atoms with Gasteiger partial charge in [-0.2, -0.15) is 0 Å². The van der Waals surface area contributed by atoms with E-state index in [1.165, 1.54) is 0 Å². The first-order valence-corrected chi connectivity index (χ1v) is 12.9. The summed E-state index contributed by atoms with van der Waals surface area (Å²) in [6.45, 7) is 2.57. The van der Waals surface area contributed by atoms with Crippen LogP contribution in [0.15, 0.2) is 95.4 Å². The molecule has 0 aliphatic carbocycles. The summed E-state index contributed by atoms with van der Waals surface area (Å²) >= 11 is 11.5. The number of rotatable bonds is 5. The van der Waals surface area contributed by atoms with E-state index in [0.717, 1.165) is 16.9 Å². The van der Waals surface area contributed by atoms with Gasteiger partial charge in [0.2, 0.25) is 0 Å². The molecule has 2 amide bonds. The minimum Gasteiger partial charge on any atom is -0.451 e. The van der Waals surface area contributed by atoms with Gasteiger partial charge in [0.05, 0.1) is 11.4 Å². The Bertz CT molecular complexity index is 1470. The van der Waals surface area contributed by atoms with Gasteiger partial charge in [-0.25, -0.2) is 0 Å². The first-order valence-electron chi connectivity index (χ1n) is 12.1. The van der Waals surface area contributed by atoms with E-state index in [1.807, 2.05) is 71.6 Å². The van der Waals surface area contributed by atoms with Gasteiger partial charge in [0.25, 0.3) is 11.8 Å². The van der Waals surface area contributed by atoms with Crippen molar-refractivity contribution < 1.29 is 14.0 Å². The number of carbonyl (C=O) groups excluding carboxylic acids is 2. The third-order valence-corrected chi connectivity index (χ3v) is 6.69. The predicted molar refractivity (Wildman–Crippen MR) is 154 cm³/mol. The Morgan fingerprint density at radius 2 is 1.58 bits per heavy atom. The average molecular weight is 545 g/mol. The second kappa shape index (κ2) is 11.5. The zero-order chi connectivity index (χ0) is 26.5. The standard InChI is InChI=1S/C29H25ClN4O3S/c30-22-10-6-9-21(19-22)25-13-14-26(37-25)27(35)32-29(38)31-23-11-4-5-12-24(23)33-15-17-34(18-16-33)28(36)20-7-2-1-3-8-20/h1-14,19H,15-18H2,(H2,31,32,35,38). The molecule has 0 spiro atoms. The lowest BCUT2D eigenvalue weighted by molar-refractivity contribution is 0.0746. The van der Waals surface area contributed by atoms with Gasteiger partial charge in [-0.05, 0) is 60.7 Å². The molecule has 0 unspecified atom stereocenters. The molecule has 1 fully saturated rings. The Hall–Kier alpha value is -4.14. The lowest BCUT2D eigenvalue weighted by atomic mass is 10.1. The largest absolute Gasteiger partial charge is 0.451 e. The second-order valence-electron chi connectivity index (χ2n) is 8.74. The minimum atomic E-state index is -0.457. The van der Waals surface area contributed by atoms with E-state index in [1.54, 1.807) is 24.3 Å². The molecule has 1 aromatic heterocycles. The zero-order valence-electron chi connectivity index (χ0n) is 20.4. The normalized spacial score (nSPS) is 13.2. The van der Waals surface area contributed by atoms with Crippen molar-refractivity contribution in [2.24, 2.45) is 0 Å². The van der Waals surface area contributed by atoms with Gasteiger partial charge in [0, 0.05) is 42.3 Å². The first-order chi connectivity index (χ1) is 18.5. The molecule has 0 atom stereocenters. The summed E-state index contributed by atoms with van der Waals surface area (Å²) in [6, 6.07) is 27.6. The molecular formula is C29H25ClN4O3S. The molecule has 9 heteroatoms. The van der Waals surface area contributed by atoms with Crippen molar-refractivity contribution in [3.05, 3.63) is 107 Å². The fourth-order valence-corrected chi connectivity index (χ4v) is 4.74. The van der Waals surface area contributed by atoms with Crippen molar-refractivity contribution in [3.8, 4) is 11.3 Å². The van der Waals surface area contributed by atoms with Crippen molar-refractivity contribution in [2.75, 3.05) is 36.4 Å². The number of halogens is 1. The zero-order valence-corrected chi connectivity index (χ0v) is 22.0. The first kappa shape index (κ1) is 25.5. The third kappa shape index (κ3) is 5.88. The second-order valence-corrected chi connectivity index (χ2v) is 9.59. The number of hydrogen-bond acceptors (Lipinski definition) is 5. The van der Waals surface area contributed by atoms with E-state index >= 15 is 0 Å². The molecule has 192 valence electrons. The lowest BCUT2D eigenvalue weighted by Gasteiger charge is -2.37. The van der Waals surface area contributed by atoms with Gasteiger partial charge >= 0.3 is 0 Å². The number of piperazine rings is 1. The van der Waals surface area contributed by atoms with Gasteiger partial charge in [0.1, 0.15) is 5.76 Å². The molecule has 5 rings (SSSR count). The van der Waals surface area contributed by atoms with Crippen LogP contribution < -0.4 is 15.5 Å². The smallest absolute Gasteiger partial charge is 0.293 e. The topological polar surface area (TPSA) is 77.8 Å². The van der Waals surface area contributed by atoms with E-state index in [0.29, 0.717) is 42.5 Å². The fraction of sp³-hybridized carbons (Fsp3) is 0.138. The number of para-hydroxylation sites is 2. The van der Waals surface area contributed by atoms with Gasteiger partial charge in [-0.3, -0.25) is 14.9 Å². The summed E-state index contributed by atoms with van der Waals surface area (Å²) < 4.78 is 5.72. The summed E-state index contributed by atoms with van der Waals surface area (Å²) in [4.78, 5) is 29.6. The van der Waals surface area contributed by atoms with Crippen molar-refractivity contribution in [1.29, 1.82) is 0 Å². The van der Waals surface area contributed by atoms with E-state index in [-0.39, 0.29) is 16.8 Å². The van der Waals surface area contributed by atoms with E-state index in [9.17, 15) is 9.59 Å². The van der Waals surface area contributed by atoms with Gasteiger partial charge in [0.15, 0.2) is 10.9 Å². The molecule has 3 aromatic carbocycles. The van der Waals surface area contributed by atoms with Crippen molar-refractivity contribution >= 4 is 52.1 Å². The fourth-order valence-electron chi connectivity index (χ4n) is 4.34. The maximum atomic E-state index is 12.8. The van der Waals surface area contributed by atoms with Crippen LogP contribution in [-0.4, -0.2) is 48.0 Å². The monoisotopic (exact) mass is 544 g/mol. The van der Waals surface area contributed by atoms with Crippen LogP contribution in [0.4, 0.5) is 11.4 Å². The number of carbonyl (C=O) groups is 2. The van der Waals surface area contributed by atoms with E-state index in [4.69, 9.17) is 28.2 Å². The van der Waals surface area contributed by atoms with Gasteiger partial charge < -0.3 is 19.5 Å². The number of thiocarbonyl (C=S) groups is 1. The Morgan fingerprint density at radius 3 is 2.34 bits per heavy atom. The highest BCUT2D eigenvalue weighted by molar-refractivity contribution is 7.80. The average Bonchev–Trinajstić information content (AvgIpc) is 3.44. The number of amides is 2. The molecule has 0 bridgehead atoms. The highest BCUT2D eigenvalue weighted by Gasteiger charge is 2.24. The maximum Gasteiger partial charge on any atom is 0.293 e. The van der Waals surface area contributed by atoms with Gasteiger partial charge in [-0.15, -0.1) is 0 Å². The number of nitrogens with zero attached hydrogens (tertiary/aromatic N) is 2. The minimum absolute atomic E-state index is 0.0389. The summed E-state index contributed by atoms with van der Waals surface area (Å²) in [5.41, 5.74) is 3.17. The van der Waals surface area contributed by atoms with Gasteiger partial charge in [-0.1, -0.05) is 54.1 Å². The number of benzene rings is 3. The maximum absolute atomic E-state index is 12.8. The molecule has 4 aromatic rings. The van der Waals surface area contributed by atoms with Crippen LogP contribution in [0, 0.1) is 0 Å². The Balaban J connectivity index is 1.20. The van der Waals surface area contributed by atoms with E-state index in [2.05, 4.69) is 15.5 Å². The van der Waals surface area contributed by atoms with Crippen LogP contribution in [0.3, 0.4) is 0 Å². The quantitative estimate of drug-likeness (QED) is 0.314. The van der Waals surface area contributed by atoms with Crippen molar-refractivity contribution in [1.82, 2.24) is 10.2 Å². The molecule has 1 aliphatic rings. The lowest BCUT2D eigenvalue weighted by Crippen LogP contribution is -2.49. The summed E-state index contributed by atoms with van der Waals surface area (Å²) in [7, 11) is 0. The molecule has 1 saturated heterocycles. The van der Waals surface area contributed by atoms with Crippen molar-refractivity contribution in [3.63, 3.8) is 0 Å². The number of nitrogens with one attached hydrogen (secondary N) is 2. The van der Waals surface area contributed by atoms with Crippen LogP contribution in [0.5, 0.6) is 0 Å². The molecule has 1 aliphatic heterocycles. The number of hydrogen-bond donors (Lipinski definition) is 2. The summed E-state index contributed by atoms with van der Waals surface area (Å²) in [6.07, 6.45) is 0. The molecule has 0 saturated carbocycles. The molecule has 2 heterocycles. The number of anilines is 2. The Kier molecular flexibility index (Phi) is 7.72. The van der Waals surface area contributed by atoms with Crippen LogP contribution in [0.2, 0.25) is 5.02 Å². The summed E-state index contributed by atoms with van der Waals surface area (Å²) in [5.74, 6) is 0.252. The van der Waals surface area contributed by atoms with Crippen LogP contribution in [-0.2, 0) is 0 Å². The predicted octanol–water partition coefficient (Wildman–Crippen LogP) is 5.69. The van der Waals surface area contributed by atoms with Crippen LogP contribution in [0.1, 0.15) is 20.9 Å². The molecular weight excluding hydrogens is 520 g/mol.